The number of aldehydes is 1. The number of rotatable bonds is 6. The zero-order valence-corrected chi connectivity index (χ0v) is 30.6. The molecule has 5 rings (SSSR count). The summed E-state index contributed by atoms with van der Waals surface area (Å²) >= 11 is 6.70. The van der Waals surface area contributed by atoms with E-state index >= 15 is 0 Å². The maximum absolute atomic E-state index is 12.4. The minimum Gasteiger partial charge on any atom is -0.508 e. The predicted molar refractivity (Wildman–Crippen MR) is 199 cm³/mol. The van der Waals surface area contributed by atoms with Gasteiger partial charge in [-0.1, -0.05) is 7.43 Å². The summed E-state index contributed by atoms with van der Waals surface area (Å²) in [7, 11) is 6.10. The molecular weight excluding hydrogens is 808 g/mol. The van der Waals surface area contributed by atoms with Crippen LogP contribution in [0.1, 0.15) is 34.8 Å². The SMILES string of the molecule is C.COc1cc(C2C(C#N)=C(N)Oc3cc[nH]c(=O)c32)cc(Br)c1OC.COc1cc(C=O)cc(Br)c1OC.O=c1cc(O)cc[nH]1.[C-]#[N+]CC#N. The van der Waals surface area contributed by atoms with Crippen LogP contribution in [0.25, 0.3) is 4.85 Å². The Morgan fingerprint density at radius 2 is 1.56 bits per heavy atom. The van der Waals surface area contributed by atoms with Crippen molar-refractivity contribution in [2.75, 3.05) is 35.0 Å². The molecule has 0 saturated carbocycles. The number of aromatic nitrogens is 2. The first-order valence-electron chi connectivity index (χ1n) is 14.1. The molecule has 0 fully saturated rings. The highest BCUT2D eigenvalue weighted by Gasteiger charge is 2.34. The summed E-state index contributed by atoms with van der Waals surface area (Å²) in [6.07, 6.45) is 3.61. The molecule has 1 atom stereocenters. The number of hydrogen-bond acceptors (Lipinski definition) is 12. The lowest BCUT2D eigenvalue weighted by Crippen LogP contribution is -2.27. The number of benzene rings is 2. The fourth-order valence-electron chi connectivity index (χ4n) is 4.33. The standard InChI is InChI=1S/C17H14BrN3O4.C9H9BrO3.C5H5NO2.C3H2N2.CH4/c1-23-12-6-8(5-10(18)15(12)24-2)13-9(7-19)16(20)25-11-3-4-21-17(22)14(11)13;1-12-8-4-6(5-11)3-7(10)9(8)13-2;7-4-1-2-6-5(8)3-4;1-5-3-2-4;/h3-6,13H,20H2,1-2H3,(H,21,22);3-5H,1-2H3;1-3H,(H2,6,7,8);3H2;1H4. The summed E-state index contributed by atoms with van der Waals surface area (Å²) in [5.41, 5.74) is 6.92. The predicted octanol–water partition coefficient (Wildman–Crippen LogP) is 5.80. The van der Waals surface area contributed by atoms with Gasteiger partial charge in [-0.15, -0.1) is 0 Å². The third-order valence-corrected chi connectivity index (χ3v) is 7.61. The lowest BCUT2D eigenvalue weighted by molar-refractivity contribution is 0.112. The minimum absolute atomic E-state index is 0. The fraction of sp³-hybridized carbons (Fsp3) is 0.200. The zero-order valence-electron chi connectivity index (χ0n) is 27.4. The van der Waals surface area contributed by atoms with E-state index in [-0.39, 0.29) is 42.3 Å². The average molecular weight is 842 g/mol. The number of ether oxygens (including phenoxy) is 5. The number of nitrogens with two attached hydrogens (primary N) is 1. The van der Waals surface area contributed by atoms with E-state index in [1.54, 1.807) is 43.5 Å². The molecule has 52 heavy (non-hydrogen) atoms. The number of carbonyl (C=O) groups is 1. The van der Waals surface area contributed by atoms with Gasteiger partial charge in [0.2, 0.25) is 5.88 Å². The van der Waals surface area contributed by atoms with E-state index < -0.39 is 5.92 Å². The van der Waals surface area contributed by atoms with Crippen molar-refractivity contribution in [3.8, 4) is 46.6 Å². The Hall–Kier alpha value is -6.22. The third-order valence-electron chi connectivity index (χ3n) is 6.43. The molecular formula is C35H34Br2N6O9. The van der Waals surface area contributed by atoms with Crippen molar-refractivity contribution in [1.82, 2.24) is 9.97 Å². The number of hydrogen-bond donors (Lipinski definition) is 4. The molecule has 2 aromatic heterocycles. The average Bonchev–Trinajstić information content (AvgIpc) is 3.11. The normalized spacial score (nSPS) is 11.8. The number of nitrogens with one attached hydrogen (secondary N) is 2. The number of nitrogens with zero attached hydrogens (tertiary/aromatic N) is 3. The van der Waals surface area contributed by atoms with E-state index in [4.69, 9.17) is 46.4 Å². The topological polar surface area (TPSA) is 227 Å². The van der Waals surface area contributed by atoms with Gasteiger partial charge in [-0.2, -0.15) is 10.5 Å². The Morgan fingerprint density at radius 1 is 0.962 bits per heavy atom. The molecule has 5 N–H and O–H groups in total. The second kappa shape index (κ2) is 21.8. The van der Waals surface area contributed by atoms with Crippen LogP contribution in [-0.4, -0.2) is 56.3 Å². The molecule has 272 valence electrons. The second-order valence-electron chi connectivity index (χ2n) is 9.49. The molecule has 0 radical (unpaired) electrons. The van der Waals surface area contributed by atoms with E-state index in [2.05, 4.69) is 46.7 Å². The van der Waals surface area contributed by atoms with Gasteiger partial charge in [-0.05, 0) is 73.8 Å². The van der Waals surface area contributed by atoms with E-state index in [0.29, 0.717) is 54.4 Å². The highest BCUT2D eigenvalue weighted by Crippen LogP contribution is 2.44. The molecule has 0 amide bonds. The van der Waals surface area contributed by atoms with Gasteiger partial charge in [0.25, 0.3) is 17.7 Å². The lowest BCUT2D eigenvalue weighted by atomic mass is 9.84. The van der Waals surface area contributed by atoms with E-state index in [1.807, 2.05) is 6.07 Å². The first-order chi connectivity index (χ1) is 24.4. The van der Waals surface area contributed by atoms with Gasteiger partial charge >= 0.3 is 0 Å². The van der Waals surface area contributed by atoms with Gasteiger partial charge in [0.1, 0.15) is 35.5 Å². The van der Waals surface area contributed by atoms with Crippen molar-refractivity contribution in [1.29, 1.82) is 10.5 Å². The zero-order chi connectivity index (χ0) is 38.1. The maximum Gasteiger partial charge on any atom is 0.298 e. The van der Waals surface area contributed by atoms with Crippen LogP contribution in [0.15, 0.2) is 84.8 Å². The van der Waals surface area contributed by atoms with Crippen molar-refractivity contribution in [3.05, 3.63) is 124 Å². The number of methoxy groups -OCH3 is 4. The smallest absolute Gasteiger partial charge is 0.298 e. The molecule has 1 unspecified atom stereocenters. The van der Waals surface area contributed by atoms with Crippen LogP contribution in [0.3, 0.4) is 0 Å². The first-order valence-corrected chi connectivity index (χ1v) is 15.7. The lowest BCUT2D eigenvalue weighted by Gasteiger charge is -2.26. The molecule has 0 aliphatic carbocycles. The van der Waals surface area contributed by atoms with Crippen LogP contribution in [0.4, 0.5) is 0 Å². The van der Waals surface area contributed by atoms with Crippen molar-refractivity contribution >= 4 is 38.1 Å². The molecule has 1 aliphatic rings. The number of halogens is 2. The maximum atomic E-state index is 12.4. The highest BCUT2D eigenvalue weighted by atomic mass is 79.9. The Kier molecular flexibility index (Phi) is 18.3. The Bertz CT molecular complexity index is 2120. The van der Waals surface area contributed by atoms with E-state index in [9.17, 15) is 19.6 Å². The van der Waals surface area contributed by atoms with Crippen LogP contribution in [-0.2, 0) is 0 Å². The summed E-state index contributed by atoms with van der Waals surface area (Å²) in [5, 5.41) is 25.8. The van der Waals surface area contributed by atoms with Crippen LogP contribution in [0.2, 0.25) is 0 Å². The van der Waals surface area contributed by atoms with Crippen LogP contribution in [0.5, 0.6) is 34.5 Å². The number of carbonyl (C=O) groups excluding carboxylic acids is 1. The molecule has 0 bridgehead atoms. The van der Waals surface area contributed by atoms with Crippen molar-refractivity contribution in [2.24, 2.45) is 5.73 Å². The molecule has 0 spiro atoms. The van der Waals surface area contributed by atoms with Crippen molar-refractivity contribution in [3.63, 3.8) is 0 Å². The quantitative estimate of drug-likeness (QED) is 0.103. The number of pyridine rings is 2. The number of allylic oxidation sites excluding steroid dienone is 1. The minimum atomic E-state index is -0.685. The molecule has 3 heterocycles. The van der Waals surface area contributed by atoms with Gasteiger partial charge in [0, 0.05) is 24.0 Å². The van der Waals surface area contributed by atoms with Crippen molar-refractivity contribution in [2.45, 2.75) is 13.3 Å². The van der Waals surface area contributed by atoms with Gasteiger partial charge < -0.3 is 49.3 Å². The molecule has 15 nitrogen and oxygen atoms in total. The van der Waals surface area contributed by atoms with Crippen molar-refractivity contribution < 1.29 is 33.6 Å². The first kappa shape index (κ1) is 43.8. The van der Waals surface area contributed by atoms with Gasteiger partial charge in [0.05, 0.1) is 48.9 Å². The molecule has 1 aliphatic heterocycles. The molecule has 17 heteroatoms. The highest BCUT2D eigenvalue weighted by molar-refractivity contribution is 9.11. The van der Waals surface area contributed by atoms with E-state index in [0.717, 1.165) is 12.4 Å². The van der Waals surface area contributed by atoms with Crippen LogP contribution >= 0.6 is 31.9 Å². The monoisotopic (exact) mass is 840 g/mol. The Labute approximate surface area is 315 Å². The third kappa shape index (κ3) is 11.4. The molecule has 4 aromatic rings. The number of aromatic hydroxyl groups is 1. The summed E-state index contributed by atoms with van der Waals surface area (Å²) in [6.45, 7) is 5.99. The number of nitriles is 2. The fourth-order valence-corrected chi connectivity index (χ4v) is 5.57. The van der Waals surface area contributed by atoms with Gasteiger partial charge in [0.15, 0.2) is 23.0 Å². The summed E-state index contributed by atoms with van der Waals surface area (Å²) in [6, 6.07) is 14.6. The summed E-state index contributed by atoms with van der Waals surface area (Å²) in [4.78, 5) is 40.9. The van der Waals surface area contributed by atoms with Crippen LogP contribution < -0.4 is 40.5 Å². The molecule has 2 aromatic carbocycles. The molecule has 0 saturated heterocycles. The largest absolute Gasteiger partial charge is 0.508 e. The van der Waals surface area contributed by atoms with Crippen LogP contribution in [0, 0.1) is 29.2 Å². The number of fused-ring (bicyclic) bond motifs is 1. The van der Waals surface area contributed by atoms with Gasteiger partial charge in [-0.25, -0.2) is 6.57 Å². The van der Waals surface area contributed by atoms with E-state index in [1.165, 1.54) is 39.8 Å². The second-order valence-corrected chi connectivity index (χ2v) is 11.2. The Morgan fingerprint density at radius 3 is 2.02 bits per heavy atom. The van der Waals surface area contributed by atoms with Gasteiger partial charge in [-0.3, -0.25) is 14.4 Å². The Balaban J connectivity index is 0.000000416. The number of aromatic amines is 2. The number of H-pyrrole nitrogens is 2. The summed E-state index contributed by atoms with van der Waals surface area (Å²) in [5.74, 6) is 1.70. The summed E-state index contributed by atoms with van der Waals surface area (Å²) < 4.78 is 27.6.